The molecule has 3 rings (SSSR count). The van der Waals surface area contributed by atoms with Gasteiger partial charge in [-0.05, 0) is 17.5 Å². The van der Waals surface area contributed by atoms with Crippen molar-refractivity contribution in [3.8, 4) is 11.1 Å². The maximum atomic E-state index is 15.1. The molecule has 0 saturated carbocycles. The molecule has 1 saturated heterocycles. The van der Waals surface area contributed by atoms with Gasteiger partial charge in [0.25, 0.3) is 5.92 Å². The van der Waals surface area contributed by atoms with Gasteiger partial charge in [0.15, 0.2) is 0 Å². The fourth-order valence-electron chi connectivity index (χ4n) is 3.70. The highest BCUT2D eigenvalue weighted by atomic mass is 19.3. The van der Waals surface area contributed by atoms with Crippen molar-refractivity contribution in [2.24, 2.45) is 11.8 Å². The lowest BCUT2D eigenvalue weighted by atomic mass is 9.91. The van der Waals surface area contributed by atoms with Crippen LogP contribution < -0.4 is 0 Å². The van der Waals surface area contributed by atoms with E-state index in [0.29, 0.717) is 11.1 Å². The Morgan fingerprint density at radius 2 is 1.81 bits per heavy atom. The van der Waals surface area contributed by atoms with Crippen LogP contribution in [0.25, 0.3) is 11.1 Å². The topological polar surface area (TPSA) is 20.3 Å². The van der Waals surface area contributed by atoms with Crippen LogP contribution in [-0.4, -0.2) is 29.3 Å². The molecule has 2 atom stereocenters. The normalized spacial score (nSPS) is 21.7. The monoisotopic (exact) mass is 375 g/mol. The van der Waals surface area contributed by atoms with E-state index in [1.807, 2.05) is 30.3 Å². The molecule has 1 fully saturated rings. The van der Waals surface area contributed by atoms with Gasteiger partial charge in [-0.15, -0.1) is 0 Å². The first kappa shape index (κ1) is 19.5. The number of likely N-dealkylation sites (tertiary alicyclic amines) is 1. The van der Waals surface area contributed by atoms with E-state index < -0.39 is 30.2 Å². The number of alkyl halides is 2. The Bertz CT molecular complexity index is 820. The van der Waals surface area contributed by atoms with Crippen molar-refractivity contribution in [2.75, 3.05) is 6.54 Å². The maximum Gasteiger partial charge on any atom is 0.269 e. The Kier molecular flexibility index (Phi) is 5.31. The second kappa shape index (κ2) is 7.37. The smallest absolute Gasteiger partial charge is 0.269 e. The van der Waals surface area contributed by atoms with Gasteiger partial charge in [0, 0.05) is 23.4 Å². The third-order valence-electron chi connectivity index (χ3n) is 5.39. The van der Waals surface area contributed by atoms with Gasteiger partial charge < -0.3 is 4.90 Å². The highest BCUT2D eigenvalue weighted by molar-refractivity contribution is 5.79. The summed E-state index contributed by atoms with van der Waals surface area (Å²) in [5.41, 5.74) is 1.52. The van der Waals surface area contributed by atoms with Gasteiger partial charge in [0.05, 0.1) is 6.54 Å². The number of amides is 1. The molecule has 0 radical (unpaired) electrons. The summed E-state index contributed by atoms with van der Waals surface area (Å²) in [5, 5.41) is 0. The van der Waals surface area contributed by atoms with E-state index in [1.54, 1.807) is 32.0 Å². The molecule has 144 valence electrons. The fraction of sp³-hybridized carbons (Fsp3) is 0.409. The van der Waals surface area contributed by atoms with Gasteiger partial charge in [-0.1, -0.05) is 69.3 Å². The lowest BCUT2D eigenvalue weighted by Crippen LogP contribution is -2.41. The Balaban J connectivity index is 1.94. The molecule has 2 nitrogen and oxygen atoms in total. The van der Waals surface area contributed by atoms with Crippen LogP contribution >= 0.6 is 0 Å². The van der Waals surface area contributed by atoms with Crippen LogP contribution in [0.1, 0.15) is 26.3 Å². The van der Waals surface area contributed by atoms with E-state index >= 15 is 4.39 Å². The summed E-state index contributed by atoms with van der Waals surface area (Å²) in [5.74, 6) is -5.11. The fourth-order valence-corrected chi connectivity index (χ4v) is 3.70. The molecule has 0 aliphatic carbocycles. The molecule has 27 heavy (non-hydrogen) atoms. The first-order valence-corrected chi connectivity index (χ1v) is 9.23. The predicted molar refractivity (Wildman–Crippen MR) is 100.0 cm³/mol. The Morgan fingerprint density at radius 3 is 2.44 bits per heavy atom. The van der Waals surface area contributed by atoms with Crippen LogP contribution in [0.15, 0.2) is 48.5 Å². The minimum Gasteiger partial charge on any atom is -0.333 e. The predicted octanol–water partition coefficient (Wildman–Crippen LogP) is 5.17. The largest absolute Gasteiger partial charge is 0.333 e. The van der Waals surface area contributed by atoms with Crippen molar-refractivity contribution in [3.63, 3.8) is 0 Å². The van der Waals surface area contributed by atoms with E-state index in [-0.39, 0.29) is 18.2 Å². The molecular formula is C22H24F3NO. The molecule has 0 bridgehead atoms. The molecule has 0 N–H and O–H groups in total. The van der Waals surface area contributed by atoms with Gasteiger partial charge in [0.2, 0.25) is 5.91 Å². The van der Waals surface area contributed by atoms with E-state index in [4.69, 9.17) is 0 Å². The molecule has 5 heteroatoms. The van der Waals surface area contributed by atoms with Crippen LogP contribution in [0.3, 0.4) is 0 Å². The summed E-state index contributed by atoms with van der Waals surface area (Å²) in [7, 11) is 0. The minimum absolute atomic E-state index is 0.0712. The molecule has 1 heterocycles. The average molecular weight is 375 g/mol. The Hall–Kier alpha value is -2.30. The van der Waals surface area contributed by atoms with E-state index in [0.717, 1.165) is 5.56 Å². The van der Waals surface area contributed by atoms with Crippen LogP contribution in [0, 0.1) is 17.7 Å². The highest BCUT2D eigenvalue weighted by Gasteiger charge is 2.53. The first-order valence-electron chi connectivity index (χ1n) is 9.23. The van der Waals surface area contributed by atoms with Crippen molar-refractivity contribution in [2.45, 2.75) is 39.2 Å². The average Bonchev–Trinajstić information content (AvgIpc) is 2.87. The van der Waals surface area contributed by atoms with Crippen molar-refractivity contribution in [3.05, 3.63) is 59.9 Å². The van der Waals surface area contributed by atoms with Gasteiger partial charge >= 0.3 is 0 Å². The summed E-state index contributed by atoms with van der Waals surface area (Å²) >= 11 is 0. The number of halogens is 3. The zero-order valence-corrected chi connectivity index (χ0v) is 15.8. The lowest BCUT2D eigenvalue weighted by Gasteiger charge is -2.28. The zero-order chi connectivity index (χ0) is 19.8. The third-order valence-corrected chi connectivity index (χ3v) is 5.39. The lowest BCUT2D eigenvalue weighted by molar-refractivity contribution is -0.136. The second-order valence-corrected chi connectivity index (χ2v) is 7.59. The van der Waals surface area contributed by atoms with E-state index in [1.165, 1.54) is 11.8 Å². The molecular weight excluding hydrogens is 351 g/mol. The second-order valence-electron chi connectivity index (χ2n) is 7.59. The molecule has 0 aromatic heterocycles. The summed E-state index contributed by atoms with van der Waals surface area (Å²) in [6, 6.07) is 13.4. The van der Waals surface area contributed by atoms with Crippen LogP contribution in [0.5, 0.6) is 0 Å². The molecule has 1 amide bonds. The standard InChI is InChI=1S/C22H24F3NO/c1-14(2)21(27)26-13-22(24,25)15(3)19(26)12-17-10-7-11-18(20(17)23)16-8-5-4-6-9-16/h4-11,14-15,19H,12-13H2,1-3H3/t15-,19+/m1/s1. The van der Waals surface area contributed by atoms with Gasteiger partial charge in [-0.2, -0.15) is 0 Å². The molecule has 1 aliphatic heterocycles. The number of benzene rings is 2. The van der Waals surface area contributed by atoms with E-state index in [9.17, 15) is 13.6 Å². The van der Waals surface area contributed by atoms with Gasteiger partial charge in [-0.25, -0.2) is 13.2 Å². The van der Waals surface area contributed by atoms with Crippen molar-refractivity contribution < 1.29 is 18.0 Å². The third kappa shape index (κ3) is 3.73. The molecule has 1 aliphatic rings. The molecule has 0 spiro atoms. The Labute approximate surface area is 158 Å². The molecule has 0 unspecified atom stereocenters. The Morgan fingerprint density at radius 1 is 1.15 bits per heavy atom. The summed E-state index contributed by atoms with van der Waals surface area (Å²) in [6.45, 7) is 4.22. The number of rotatable bonds is 4. The van der Waals surface area contributed by atoms with Crippen molar-refractivity contribution in [1.29, 1.82) is 0 Å². The van der Waals surface area contributed by atoms with Crippen molar-refractivity contribution >= 4 is 5.91 Å². The minimum atomic E-state index is -2.97. The maximum absolute atomic E-state index is 15.1. The number of nitrogens with zero attached hydrogens (tertiary/aromatic N) is 1. The SMILES string of the molecule is CC(C)C(=O)N1CC(F)(F)[C@H](C)[C@@H]1Cc1cccc(-c2ccccc2)c1F. The summed E-state index contributed by atoms with van der Waals surface area (Å²) < 4.78 is 43.8. The zero-order valence-electron chi connectivity index (χ0n) is 15.8. The van der Waals surface area contributed by atoms with Gasteiger partial charge in [0.1, 0.15) is 5.82 Å². The van der Waals surface area contributed by atoms with Gasteiger partial charge in [-0.3, -0.25) is 4.79 Å². The van der Waals surface area contributed by atoms with Crippen LogP contribution in [-0.2, 0) is 11.2 Å². The number of carbonyl (C=O) groups excluding carboxylic acids is 1. The van der Waals surface area contributed by atoms with Crippen LogP contribution in [0.2, 0.25) is 0 Å². The molecule has 2 aromatic rings. The number of hydrogen-bond donors (Lipinski definition) is 0. The van der Waals surface area contributed by atoms with Crippen LogP contribution in [0.4, 0.5) is 13.2 Å². The number of hydrogen-bond acceptors (Lipinski definition) is 1. The number of carbonyl (C=O) groups is 1. The summed E-state index contributed by atoms with van der Waals surface area (Å²) in [4.78, 5) is 13.7. The van der Waals surface area contributed by atoms with Crippen molar-refractivity contribution in [1.82, 2.24) is 4.90 Å². The first-order chi connectivity index (χ1) is 12.7. The highest BCUT2D eigenvalue weighted by Crippen LogP contribution is 2.40. The molecule has 2 aromatic carbocycles. The quantitative estimate of drug-likeness (QED) is 0.722. The van der Waals surface area contributed by atoms with E-state index in [2.05, 4.69) is 0 Å². The summed E-state index contributed by atoms with van der Waals surface area (Å²) in [6.07, 6.45) is 0.0712.